The zero-order valence-electron chi connectivity index (χ0n) is 13.3. The summed E-state index contributed by atoms with van der Waals surface area (Å²) in [5, 5.41) is 1.99. The van der Waals surface area contributed by atoms with Crippen molar-refractivity contribution in [1.29, 1.82) is 0 Å². The van der Waals surface area contributed by atoms with Gasteiger partial charge in [0.05, 0.1) is 23.2 Å². The van der Waals surface area contributed by atoms with Crippen molar-refractivity contribution in [2.24, 2.45) is 0 Å². The smallest absolute Gasteiger partial charge is 0.264 e. The molecule has 1 aliphatic rings. The van der Waals surface area contributed by atoms with E-state index in [1.807, 2.05) is 30.2 Å². The number of carbonyl (C=O) groups is 1. The quantitative estimate of drug-likeness (QED) is 0.719. The van der Waals surface area contributed by atoms with Crippen molar-refractivity contribution in [2.45, 2.75) is 26.4 Å². The number of hydrogen-bond donors (Lipinski definition) is 0. The minimum Gasteiger partial charge on any atom is -0.325 e. The average molecular weight is 337 g/mol. The van der Waals surface area contributed by atoms with E-state index in [9.17, 15) is 4.79 Å². The van der Waals surface area contributed by atoms with E-state index in [0.717, 1.165) is 21.7 Å². The molecule has 0 bridgehead atoms. The van der Waals surface area contributed by atoms with Crippen molar-refractivity contribution >= 4 is 17.2 Å². The second-order valence-electron chi connectivity index (χ2n) is 5.77. The van der Waals surface area contributed by atoms with Crippen LogP contribution in [-0.2, 0) is 6.54 Å². The first-order valence-electron chi connectivity index (χ1n) is 7.63. The van der Waals surface area contributed by atoms with Crippen LogP contribution < -0.4 is 0 Å². The van der Waals surface area contributed by atoms with Crippen LogP contribution in [0.5, 0.6) is 0 Å². The molecule has 0 saturated heterocycles. The summed E-state index contributed by atoms with van der Waals surface area (Å²) in [6, 6.07) is 3.64. The molecule has 7 heteroatoms. The molecule has 6 nitrogen and oxygen atoms in total. The Labute approximate surface area is 143 Å². The minimum atomic E-state index is -0.0411. The van der Waals surface area contributed by atoms with E-state index < -0.39 is 0 Å². The Kier molecular flexibility index (Phi) is 3.57. The largest absolute Gasteiger partial charge is 0.325 e. The van der Waals surface area contributed by atoms with Gasteiger partial charge in [0.1, 0.15) is 0 Å². The van der Waals surface area contributed by atoms with Crippen LogP contribution in [0.3, 0.4) is 0 Å². The van der Waals surface area contributed by atoms with Crippen molar-refractivity contribution in [3.8, 4) is 11.6 Å². The van der Waals surface area contributed by atoms with E-state index in [1.165, 1.54) is 11.3 Å². The fourth-order valence-electron chi connectivity index (χ4n) is 2.82. The van der Waals surface area contributed by atoms with Crippen molar-refractivity contribution in [2.75, 3.05) is 0 Å². The molecule has 4 rings (SSSR count). The van der Waals surface area contributed by atoms with Crippen LogP contribution in [0.4, 0.5) is 0 Å². The van der Waals surface area contributed by atoms with E-state index in [-0.39, 0.29) is 11.9 Å². The van der Waals surface area contributed by atoms with E-state index in [1.54, 1.807) is 24.7 Å². The van der Waals surface area contributed by atoms with Gasteiger partial charge in [-0.2, -0.15) is 0 Å². The number of fused-ring (bicyclic) bond motifs is 1. The summed E-state index contributed by atoms with van der Waals surface area (Å²) in [6.07, 6.45) is 5.11. The second kappa shape index (κ2) is 5.76. The van der Waals surface area contributed by atoms with Gasteiger partial charge in [0, 0.05) is 24.2 Å². The lowest BCUT2D eigenvalue weighted by Crippen LogP contribution is -2.27. The van der Waals surface area contributed by atoms with Gasteiger partial charge in [-0.05, 0) is 36.9 Å². The summed E-state index contributed by atoms with van der Waals surface area (Å²) in [7, 11) is 0. The van der Waals surface area contributed by atoms with E-state index in [2.05, 4.69) is 19.9 Å². The van der Waals surface area contributed by atoms with Crippen LogP contribution in [0, 0.1) is 6.92 Å². The number of aromatic nitrogens is 4. The number of aryl methyl sites for hydroxylation is 1. The third-order valence-electron chi connectivity index (χ3n) is 4.11. The van der Waals surface area contributed by atoms with Crippen LogP contribution in [0.15, 0.2) is 36.1 Å². The molecule has 1 aliphatic heterocycles. The van der Waals surface area contributed by atoms with Gasteiger partial charge in [0.15, 0.2) is 11.6 Å². The fraction of sp³-hybridized carbons (Fsp3) is 0.235. The molecular weight excluding hydrogens is 322 g/mol. The van der Waals surface area contributed by atoms with Crippen molar-refractivity contribution in [3.05, 3.63) is 57.8 Å². The molecule has 3 aromatic rings. The highest BCUT2D eigenvalue weighted by Crippen LogP contribution is 2.34. The van der Waals surface area contributed by atoms with Crippen molar-refractivity contribution in [1.82, 2.24) is 24.8 Å². The maximum Gasteiger partial charge on any atom is 0.264 e. The third kappa shape index (κ3) is 2.46. The maximum atomic E-state index is 12.8. The zero-order valence-corrected chi connectivity index (χ0v) is 14.1. The Morgan fingerprint density at radius 2 is 2.04 bits per heavy atom. The molecule has 1 atom stereocenters. The van der Waals surface area contributed by atoms with Gasteiger partial charge in [0.2, 0.25) is 0 Å². The number of carbonyl (C=O) groups excluding carboxylic acids is 1. The monoisotopic (exact) mass is 337 g/mol. The third-order valence-corrected chi connectivity index (χ3v) is 5.14. The minimum absolute atomic E-state index is 0.0381. The van der Waals surface area contributed by atoms with Crippen LogP contribution in [0.25, 0.3) is 11.6 Å². The van der Waals surface area contributed by atoms with Gasteiger partial charge in [-0.1, -0.05) is 0 Å². The first-order valence-corrected chi connectivity index (χ1v) is 8.51. The molecule has 0 aliphatic carbocycles. The summed E-state index contributed by atoms with van der Waals surface area (Å²) in [4.78, 5) is 32.7. The molecule has 0 saturated carbocycles. The Hall–Kier alpha value is -2.67. The molecule has 0 aromatic carbocycles. The Bertz CT molecular complexity index is 908. The topological polar surface area (TPSA) is 71.9 Å². The summed E-state index contributed by atoms with van der Waals surface area (Å²) in [5.74, 6) is 1.02. The average Bonchev–Trinajstić information content (AvgIpc) is 3.19. The summed E-state index contributed by atoms with van der Waals surface area (Å²) >= 11 is 1.48. The number of hydrogen-bond acceptors (Lipinski definition) is 6. The molecule has 24 heavy (non-hydrogen) atoms. The first-order chi connectivity index (χ1) is 11.6. The van der Waals surface area contributed by atoms with Crippen molar-refractivity contribution in [3.63, 3.8) is 0 Å². The number of amides is 1. The highest BCUT2D eigenvalue weighted by atomic mass is 32.1. The van der Waals surface area contributed by atoms with Gasteiger partial charge < -0.3 is 4.90 Å². The summed E-state index contributed by atoms with van der Waals surface area (Å²) in [6.45, 7) is 4.48. The Balaban J connectivity index is 1.65. The van der Waals surface area contributed by atoms with Gasteiger partial charge in [-0.25, -0.2) is 19.9 Å². The van der Waals surface area contributed by atoms with Gasteiger partial charge in [-0.3, -0.25) is 4.79 Å². The molecule has 0 fully saturated rings. The molecule has 1 unspecified atom stereocenters. The number of thiophene rings is 1. The number of nitrogens with zero attached hydrogens (tertiary/aromatic N) is 5. The van der Waals surface area contributed by atoms with Gasteiger partial charge in [-0.15, -0.1) is 11.3 Å². The summed E-state index contributed by atoms with van der Waals surface area (Å²) in [5.41, 5.74) is 2.95. The van der Waals surface area contributed by atoms with Crippen molar-refractivity contribution < 1.29 is 4.79 Å². The van der Waals surface area contributed by atoms with Crippen LogP contribution in [0.1, 0.15) is 39.5 Å². The Morgan fingerprint density at radius 3 is 2.75 bits per heavy atom. The molecule has 0 N–H and O–H groups in total. The predicted molar refractivity (Wildman–Crippen MR) is 90.4 cm³/mol. The first kappa shape index (κ1) is 14.9. The molecule has 0 spiro atoms. The SMILES string of the molecule is Cc1csc(C(=O)N2Cc3nc(-c4ncccn4)ncc3C2C)c1. The van der Waals surface area contributed by atoms with E-state index in [4.69, 9.17) is 0 Å². The molecule has 3 aromatic heterocycles. The lowest BCUT2D eigenvalue weighted by Gasteiger charge is -2.20. The normalized spacial score (nSPS) is 16.2. The van der Waals surface area contributed by atoms with E-state index in [0.29, 0.717) is 18.2 Å². The molecule has 0 radical (unpaired) electrons. The standard InChI is InChI=1S/C17H15N5OS/c1-10-6-14(24-9-10)17(23)22-8-13-12(11(22)2)7-20-16(21-13)15-18-4-3-5-19-15/h3-7,9,11H,8H2,1-2H3. The van der Waals surface area contributed by atoms with E-state index >= 15 is 0 Å². The fourth-order valence-corrected chi connectivity index (χ4v) is 3.68. The van der Waals surface area contributed by atoms with Crippen LogP contribution in [0.2, 0.25) is 0 Å². The maximum absolute atomic E-state index is 12.8. The molecule has 4 heterocycles. The Morgan fingerprint density at radius 1 is 1.25 bits per heavy atom. The highest BCUT2D eigenvalue weighted by molar-refractivity contribution is 7.12. The van der Waals surface area contributed by atoms with Crippen LogP contribution in [-0.4, -0.2) is 30.7 Å². The number of rotatable bonds is 2. The highest BCUT2D eigenvalue weighted by Gasteiger charge is 2.33. The lowest BCUT2D eigenvalue weighted by molar-refractivity contribution is 0.0709. The van der Waals surface area contributed by atoms with Gasteiger partial charge in [0.25, 0.3) is 5.91 Å². The zero-order chi connectivity index (χ0) is 16.7. The van der Waals surface area contributed by atoms with Crippen LogP contribution >= 0.6 is 11.3 Å². The second-order valence-corrected chi connectivity index (χ2v) is 6.68. The molecule has 120 valence electrons. The summed E-state index contributed by atoms with van der Waals surface area (Å²) < 4.78 is 0. The van der Waals surface area contributed by atoms with Gasteiger partial charge >= 0.3 is 0 Å². The molecular formula is C17H15N5OS. The molecule has 1 amide bonds. The predicted octanol–water partition coefficient (Wildman–Crippen LogP) is 3.02. The lowest BCUT2D eigenvalue weighted by atomic mass is 10.1.